The maximum Gasteiger partial charge on any atom is 0.255 e. The van der Waals surface area contributed by atoms with E-state index in [0.29, 0.717) is 5.56 Å². The zero-order valence-corrected chi connectivity index (χ0v) is 13.1. The van der Waals surface area contributed by atoms with Crippen molar-refractivity contribution < 1.29 is 13.6 Å². The second-order valence-corrected chi connectivity index (χ2v) is 5.81. The molecule has 0 saturated carbocycles. The number of anilines is 1. The van der Waals surface area contributed by atoms with Crippen LogP contribution in [0.2, 0.25) is 0 Å². The quantitative estimate of drug-likeness (QED) is 0.684. The molecule has 0 atom stereocenters. The van der Waals surface area contributed by atoms with E-state index in [1.54, 1.807) is 18.2 Å². The zero-order chi connectivity index (χ0) is 14.0. The maximum absolute atomic E-state index is 13.6. The smallest absolute Gasteiger partial charge is 0.255 e. The highest BCUT2D eigenvalue weighted by molar-refractivity contribution is 14.1. The first kappa shape index (κ1) is 14.4. The van der Waals surface area contributed by atoms with Crippen molar-refractivity contribution >= 4 is 50.1 Å². The average molecular weight is 438 g/mol. The molecule has 19 heavy (non-hydrogen) atoms. The molecule has 6 heteroatoms. The van der Waals surface area contributed by atoms with E-state index in [1.165, 1.54) is 0 Å². The average Bonchev–Trinajstić information content (AvgIpc) is 2.33. The number of hydrogen-bond donors (Lipinski definition) is 1. The number of halogens is 4. The lowest BCUT2D eigenvalue weighted by atomic mass is 10.2. The summed E-state index contributed by atoms with van der Waals surface area (Å²) >= 11 is 5.09. The van der Waals surface area contributed by atoms with Crippen LogP contribution in [0.4, 0.5) is 14.5 Å². The van der Waals surface area contributed by atoms with Crippen molar-refractivity contribution in [3.8, 4) is 0 Å². The molecular weight excluding hydrogens is 431 g/mol. The Bertz CT molecular complexity index is 625. The molecule has 0 aromatic heterocycles. The van der Waals surface area contributed by atoms with Crippen LogP contribution < -0.4 is 5.32 Å². The minimum atomic E-state index is -0.828. The van der Waals surface area contributed by atoms with Crippen LogP contribution in [0.3, 0.4) is 0 Å². The Morgan fingerprint density at radius 2 is 1.95 bits per heavy atom. The molecule has 0 aliphatic heterocycles. The summed E-state index contributed by atoms with van der Waals surface area (Å²) in [6.07, 6.45) is 0. The lowest BCUT2D eigenvalue weighted by molar-refractivity contribution is 0.102. The molecule has 2 rings (SSSR count). The molecule has 2 aromatic rings. The molecule has 0 fully saturated rings. The largest absolute Gasteiger partial charge is 0.319 e. The lowest BCUT2D eigenvalue weighted by Gasteiger charge is -2.09. The molecular formula is C13H7BrF2INO. The van der Waals surface area contributed by atoms with E-state index in [1.807, 2.05) is 6.07 Å². The predicted octanol–water partition coefficient (Wildman–Crippen LogP) is 4.58. The van der Waals surface area contributed by atoms with Crippen LogP contribution in [0.15, 0.2) is 40.9 Å². The van der Waals surface area contributed by atoms with E-state index in [9.17, 15) is 13.6 Å². The molecule has 98 valence electrons. The molecule has 2 aromatic carbocycles. The lowest BCUT2D eigenvalue weighted by Crippen LogP contribution is -2.13. The maximum atomic E-state index is 13.6. The first-order valence-corrected chi connectivity index (χ1v) is 7.06. The van der Waals surface area contributed by atoms with E-state index in [4.69, 9.17) is 0 Å². The van der Waals surface area contributed by atoms with Crippen LogP contribution in [0.5, 0.6) is 0 Å². The Balaban J connectivity index is 2.29. The second kappa shape index (κ2) is 5.96. The summed E-state index contributed by atoms with van der Waals surface area (Å²) < 4.78 is 27.6. The first-order chi connectivity index (χ1) is 8.97. The fourth-order valence-corrected chi connectivity index (χ4v) is 2.53. The van der Waals surface area contributed by atoms with Crippen molar-refractivity contribution in [1.29, 1.82) is 0 Å². The SMILES string of the molecule is O=C(Nc1c(F)cc(F)cc1Br)c1cccc(I)c1. The van der Waals surface area contributed by atoms with Gasteiger partial charge in [0.2, 0.25) is 0 Å². The Morgan fingerprint density at radius 3 is 2.58 bits per heavy atom. The highest BCUT2D eigenvalue weighted by atomic mass is 127. The number of rotatable bonds is 2. The van der Waals surface area contributed by atoms with Crippen molar-refractivity contribution in [3.05, 3.63) is 61.6 Å². The number of nitrogens with one attached hydrogen (secondary N) is 1. The topological polar surface area (TPSA) is 29.1 Å². The van der Waals surface area contributed by atoms with Gasteiger partial charge in [-0.1, -0.05) is 6.07 Å². The minimum absolute atomic E-state index is 0.0785. The Morgan fingerprint density at radius 1 is 1.21 bits per heavy atom. The molecule has 0 heterocycles. The van der Waals surface area contributed by atoms with Gasteiger partial charge in [-0.25, -0.2) is 8.78 Å². The van der Waals surface area contributed by atoms with Crippen LogP contribution in [0.25, 0.3) is 0 Å². The molecule has 0 aliphatic rings. The number of benzene rings is 2. The van der Waals surface area contributed by atoms with E-state index >= 15 is 0 Å². The third-order valence-electron chi connectivity index (χ3n) is 2.33. The predicted molar refractivity (Wildman–Crippen MR) is 81.2 cm³/mol. The van der Waals surface area contributed by atoms with Crippen molar-refractivity contribution in [3.63, 3.8) is 0 Å². The summed E-state index contributed by atoms with van der Waals surface area (Å²) in [6.45, 7) is 0. The highest BCUT2D eigenvalue weighted by Crippen LogP contribution is 2.27. The fraction of sp³-hybridized carbons (Fsp3) is 0. The van der Waals surface area contributed by atoms with Gasteiger partial charge in [0.25, 0.3) is 5.91 Å². The van der Waals surface area contributed by atoms with Gasteiger partial charge < -0.3 is 5.32 Å². The molecule has 0 unspecified atom stereocenters. The van der Waals surface area contributed by atoms with E-state index < -0.39 is 17.5 Å². The number of carbonyl (C=O) groups excluding carboxylic acids is 1. The van der Waals surface area contributed by atoms with Gasteiger partial charge in [0, 0.05) is 19.7 Å². The van der Waals surface area contributed by atoms with Gasteiger partial charge in [-0.2, -0.15) is 0 Å². The number of carbonyl (C=O) groups is 1. The molecule has 1 N–H and O–H groups in total. The van der Waals surface area contributed by atoms with Crippen molar-refractivity contribution in [2.75, 3.05) is 5.32 Å². The summed E-state index contributed by atoms with van der Waals surface area (Å²) in [4.78, 5) is 12.0. The third kappa shape index (κ3) is 3.50. The summed E-state index contributed by atoms with van der Waals surface area (Å²) in [7, 11) is 0. The van der Waals surface area contributed by atoms with Crippen LogP contribution in [-0.4, -0.2) is 5.91 Å². The van der Waals surface area contributed by atoms with Gasteiger partial charge >= 0.3 is 0 Å². The van der Waals surface area contributed by atoms with Crippen molar-refractivity contribution in [1.82, 2.24) is 0 Å². The van der Waals surface area contributed by atoms with E-state index in [2.05, 4.69) is 43.8 Å². The summed E-state index contributed by atoms with van der Waals surface area (Å²) in [5.74, 6) is -1.99. The van der Waals surface area contributed by atoms with Gasteiger partial charge in [-0.3, -0.25) is 4.79 Å². The Labute approximate surface area is 130 Å². The second-order valence-electron chi connectivity index (χ2n) is 3.71. The minimum Gasteiger partial charge on any atom is -0.319 e. The first-order valence-electron chi connectivity index (χ1n) is 5.19. The number of hydrogen-bond acceptors (Lipinski definition) is 1. The van der Waals surface area contributed by atoms with Crippen molar-refractivity contribution in [2.24, 2.45) is 0 Å². The normalized spacial score (nSPS) is 10.3. The number of amides is 1. The molecule has 0 saturated heterocycles. The molecule has 0 radical (unpaired) electrons. The molecule has 0 aliphatic carbocycles. The van der Waals surface area contributed by atoms with Crippen LogP contribution in [0.1, 0.15) is 10.4 Å². The summed E-state index contributed by atoms with van der Waals surface area (Å²) in [5, 5.41) is 2.42. The van der Waals surface area contributed by atoms with Gasteiger partial charge in [0.1, 0.15) is 5.82 Å². The molecule has 0 bridgehead atoms. The Kier molecular flexibility index (Phi) is 4.51. The third-order valence-corrected chi connectivity index (χ3v) is 3.63. The van der Waals surface area contributed by atoms with Crippen molar-refractivity contribution in [2.45, 2.75) is 0 Å². The van der Waals surface area contributed by atoms with Crippen LogP contribution >= 0.6 is 38.5 Å². The van der Waals surface area contributed by atoms with Crippen LogP contribution in [0, 0.1) is 15.2 Å². The van der Waals surface area contributed by atoms with Gasteiger partial charge in [-0.05, 0) is 62.8 Å². The summed E-state index contributed by atoms with van der Waals surface area (Å²) in [5.41, 5.74) is 0.327. The van der Waals surface area contributed by atoms with Crippen LogP contribution in [-0.2, 0) is 0 Å². The zero-order valence-electron chi connectivity index (χ0n) is 9.38. The van der Waals surface area contributed by atoms with Gasteiger partial charge in [0.05, 0.1) is 5.69 Å². The molecule has 2 nitrogen and oxygen atoms in total. The van der Waals surface area contributed by atoms with E-state index in [0.717, 1.165) is 15.7 Å². The fourth-order valence-electron chi connectivity index (χ4n) is 1.48. The monoisotopic (exact) mass is 437 g/mol. The molecule has 1 amide bonds. The van der Waals surface area contributed by atoms with E-state index in [-0.39, 0.29) is 10.2 Å². The molecule has 0 spiro atoms. The highest BCUT2D eigenvalue weighted by Gasteiger charge is 2.14. The standard InChI is InChI=1S/C13H7BrF2INO/c14-10-5-8(15)6-11(16)12(10)18-13(19)7-2-1-3-9(17)4-7/h1-6H,(H,18,19). The Hall–Kier alpha value is -1.02. The van der Waals surface area contributed by atoms with Gasteiger partial charge in [-0.15, -0.1) is 0 Å². The summed E-state index contributed by atoms with van der Waals surface area (Å²) in [6, 6.07) is 8.67. The van der Waals surface area contributed by atoms with Gasteiger partial charge in [0.15, 0.2) is 5.82 Å².